The van der Waals surface area contributed by atoms with Gasteiger partial charge >= 0.3 is 12.3 Å². The maximum Gasteiger partial charge on any atom is 0.573 e. The number of unbranched alkanes of at least 4 members (excludes halogenated alkanes) is 1. The first-order valence-electron chi connectivity index (χ1n) is 12.0. The highest BCUT2D eigenvalue weighted by Crippen LogP contribution is 2.28. The van der Waals surface area contributed by atoms with Crippen molar-refractivity contribution in [2.45, 2.75) is 38.6 Å². The lowest BCUT2D eigenvalue weighted by atomic mass is 9.98. The molecule has 2 N–H and O–H groups in total. The fourth-order valence-corrected chi connectivity index (χ4v) is 4.08. The molecule has 4 rings (SSSR count). The smallest absolute Gasteiger partial charge is 0.481 e. The monoisotopic (exact) mass is 522 g/mol. The Morgan fingerprint density at radius 1 is 0.921 bits per heavy atom. The number of aryl methyl sites for hydroxylation is 1. The Labute approximate surface area is 217 Å². The van der Waals surface area contributed by atoms with Crippen LogP contribution in [-0.4, -0.2) is 28.3 Å². The maximum atomic E-state index is 12.8. The minimum Gasteiger partial charge on any atom is -0.481 e. The molecule has 196 valence electrons. The number of aliphatic carboxylic acids is 1. The molecule has 1 heterocycles. The van der Waals surface area contributed by atoms with Gasteiger partial charge in [0.25, 0.3) is 5.91 Å². The summed E-state index contributed by atoms with van der Waals surface area (Å²) in [6, 6.07) is 22.2. The quantitative estimate of drug-likeness (QED) is 0.231. The molecular formula is C29H25F3N2O4. The van der Waals surface area contributed by atoms with E-state index in [0.717, 1.165) is 27.7 Å². The summed E-state index contributed by atoms with van der Waals surface area (Å²) in [5, 5.41) is 12.5. The second kappa shape index (κ2) is 11.8. The maximum absolute atomic E-state index is 12.8. The normalized spacial score (nSPS) is 11.3. The van der Waals surface area contributed by atoms with Crippen LogP contribution < -0.4 is 10.1 Å². The predicted molar refractivity (Wildman–Crippen MR) is 137 cm³/mol. The molecular weight excluding hydrogens is 497 g/mol. The van der Waals surface area contributed by atoms with Gasteiger partial charge in [0.15, 0.2) is 0 Å². The number of nitrogens with one attached hydrogen (secondary N) is 1. The first-order chi connectivity index (χ1) is 18.2. The van der Waals surface area contributed by atoms with Gasteiger partial charge in [0.05, 0.1) is 11.2 Å². The van der Waals surface area contributed by atoms with Gasteiger partial charge in [-0.25, -0.2) is 4.98 Å². The zero-order chi connectivity index (χ0) is 27.1. The van der Waals surface area contributed by atoms with E-state index in [2.05, 4.69) is 10.1 Å². The van der Waals surface area contributed by atoms with Gasteiger partial charge in [0, 0.05) is 29.5 Å². The summed E-state index contributed by atoms with van der Waals surface area (Å²) in [4.78, 5) is 28.5. The van der Waals surface area contributed by atoms with E-state index in [1.165, 1.54) is 24.3 Å². The van der Waals surface area contributed by atoms with Crippen LogP contribution in [0.3, 0.4) is 0 Å². The zero-order valence-electron chi connectivity index (χ0n) is 20.3. The number of nitrogens with zero attached hydrogens (tertiary/aromatic N) is 1. The van der Waals surface area contributed by atoms with E-state index in [1.54, 1.807) is 18.2 Å². The SMILES string of the molecule is O=C(O)CCCCc1cc2cc(C(=O)NCc3ccc(OC(F)(F)F)cc3)ccc2nc1-c1ccccc1. The highest BCUT2D eigenvalue weighted by Gasteiger charge is 2.30. The number of hydrogen-bond donors (Lipinski definition) is 2. The number of benzene rings is 3. The highest BCUT2D eigenvalue weighted by atomic mass is 19.4. The van der Waals surface area contributed by atoms with Gasteiger partial charge < -0.3 is 15.2 Å². The fraction of sp³-hybridized carbons (Fsp3) is 0.207. The third-order valence-electron chi connectivity index (χ3n) is 5.90. The molecule has 0 atom stereocenters. The van der Waals surface area contributed by atoms with Crippen LogP contribution in [0.4, 0.5) is 13.2 Å². The van der Waals surface area contributed by atoms with Crippen LogP contribution in [0, 0.1) is 0 Å². The Balaban J connectivity index is 1.51. The largest absolute Gasteiger partial charge is 0.573 e. The molecule has 0 fully saturated rings. The van der Waals surface area contributed by atoms with Crippen molar-refractivity contribution in [3.05, 3.63) is 95.6 Å². The van der Waals surface area contributed by atoms with E-state index < -0.39 is 12.3 Å². The van der Waals surface area contributed by atoms with E-state index in [1.807, 2.05) is 36.4 Å². The number of rotatable bonds is 10. The van der Waals surface area contributed by atoms with Crippen LogP contribution in [0.2, 0.25) is 0 Å². The van der Waals surface area contributed by atoms with Gasteiger partial charge in [-0.2, -0.15) is 0 Å². The minimum atomic E-state index is -4.76. The van der Waals surface area contributed by atoms with Crippen molar-refractivity contribution in [3.63, 3.8) is 0 Å². The summed E-state index contributed by atoms with van der Waals surface area (Å²) >= 11 is 0. The summed E-state index contributed by atoms with van der Waals surface area (Å²) in [7, 11) is 0. The number of pyridine rings is 1. The lowest BCUT2D eigenvalue weighted by Crippen LogP contribution is -2.22. The third kappa shape index (κ3) is 7.32. The Bertz CT molecular complexity index is 1420. The number of fused-ring (bicyclic) bond motifs is 1. The molecule has 0 spiro atoms. The topological polar surface area (TPSA) is 88.5 Å². The summed E-state index contributed by atoms with van der Waals surface area (Å²) in [5.74, 6) is -1.49. The minimum absolute atomic E-state index is 0.101. The second-order valence-corrected chi connectivity index (χ2v) is 8.74. The van der Waals surface area contributed by atoms with Crippen LogP contribution in [0.25, 0.3) is 22.2 Å². The number of ether oxygens (including phenoxy) is 1. The number of aromatic nitrogens is 1. The molecule has 0 radical (unpaired) electrons. The van der Waals surface area contributed by atoms with Crippen LogP contribution in [0.15, 0.2) is 78.9 Å². The first-order valence-corrected chi connectivity index (χ1v) is 12.0. The summed E-state index contributed by atoms with van der Waals surface area (Å²) in [6.07, 6.45) is -2.78. The molecule has 0 unspecified atom stereocenters. The predicted octanol–water partition coefficient (Wildman–Crippen LogP) is 6.53. The number of carbonyl (C=O) groups excluding carboxylic acids is 1. The van der Waals surface area contributed by atoms with Crippen molar-refractivity contribution in [2.24, 2.45) is 0 Å². The van der Waals surface area contributed by atoms with E-state index in [9.17, 15) is 22.8 Å². The van der Waals surface area contributed by atoms with Crippen molar-refractivity contribution < 1.29 is 32.6 Å². The lowest BCUT2D eigenvalue weighted by molar-refractivity contribution is -0.274. The van der Waals surface area contributed by atoms with Crippen molar-refractivity contribution in [1.29, 1.82) is 0 Å². The Kier molecular flexibility index (Phi) is 8.25. The van der Waals surface area contributed by atoms with E-state index in [4.69, 9.17) is 10.1 Å². The number of carboxylic acid groups (broad SMARTS) is 1. The first kappa shape index (κ1) is 26.7. The van der Waals surface area contributed by atoms with Gasteiger partial charge in [0.2, 0.25) is 0 Å². The van der Waals surface area contributed by atoms with Gasteiger partial charge in [-0.3, -0.25) is 9.59 Å². The standard InChI is InChI=1S/C29H25F3N2O4/c30-29(31,32)38-24-13-10-19(11-14-24)18-33-28(37)22-12-15-25-23(17-22)16-21(8-4-5-9-26(35)36)27(34-25)20-6-2-1-3-7-20/h1-3,6-7,10-17H,4-5,8-9,18H2,(H,33,37)(H,35,36). The van der Waals surface area contributed by atoms with Crippen molar-refractivity contribution in [1.82, 2.24) is 10.3 Å². The molecule has 9 heteroatoms. The van der Waals surface area contributed by atoms with Crippen molar-refractivity contribution in [2.75, 3.05) is 0 Å². The number of halogens is 3. The van der Waals surface area contributed by atoms with Gasteiger partial charge in [-0.1, -0.05) is 42.5 Å². The molecule has 0 bridgehead atoms. The molecule has 6 nitrogen and oxygen atoms in total. The van der Waals surface area contributed by atoms with Crippen molar-refractivity contribution in [3.8, 4) is 17.0 Å². The molecule has 3 aromatic carbocycles. The van der Waals surface area contributed by atoms with Gasteiger partial charge in [0.1, 0.15) is 5.75 Å². The number of carbonyl (C=O) groups is 2. The summed E-state index contributed by atoms with van der Waals surface area (Å²) in [5.41, 5.74) is 4.49. The average molecular weight is 523 g/mol. The molecule has 4 aromatic rings. The number of carboxylic acids is 1. The highest BCUT2D eigenvalue weighted by molar-refractivity contribution is 5.98. The molecule has 1 aromatic heterocycles. The van der Waals surface area contributed by atoms with Crippen LogP contribution in [0.1, 0.15) is 40.7 Å². The molecule has 0 aliphatic carbocycles. The van der Waals surface area contributed by atoms with Gasteiger partial charge in [-0.15, -0.1) is 13.2 Å². The van der Waals surface area contributed by atoms with E-state index in [0.29, 0.717) is 30.4 Å². The number of alkyl halides is 3. The molecule has 0 saturated heterocycles. The van der Waals surface area contributed by atoms with Crippen LogP contribution in [0.5, 0.6) is 5.75 Å². The second-order valence-electron chi connectivity index (χ2n) is 8.74. The Hall–Kier alpha value is -4.40. The molecule has 0 saturated carbocycles. The molecule has 0 aliphatic heterocycles. The summed E-state index contributed by atoms with van der Waals surface area (Å²) < 4.78 is 40.8. The zero-order valence-corrected chi connectivity index (χ0v) is 20.3. The van der Waals surface area contributed by atoms with E-state index >= 15 is 0 Å². The molecule has 0 aliphatic rings. The van der Waals surface area contributed by atoms with Crippen LogP contribution >= 0.6 is 0 Å². The fourth-order valence-electron chi connectivity index (χ4n) is 4.08. The van der Waals surface area contributed by atoms with Gasteiger partial charge in [-0.05, 0) is 66.8 Å². The van der Waals surface area contributed by atoms with Crippen molar-refractivity contribution >= 4 is 22.8 Å². The molecule has 38 heavy (non-hydrogen) atoms. The van der Waals surface area contributed by atoms with E-state index in [-0.39, 0.29) is 24.6 Å². The average Bonchev–Trinajstić information content (AvgIpc) is 2.89. The number of amides is 1. The Morgan fingerprint density at radius 2 is 1.66 bits per heavy atom. The summed E-state index contributed by atoms with van der Waals surface area (Å²) in [6.45, 7) is 0.128. The van der Waals surface area contributed by atoms with Crippen LogP contribution in [-0.2, 0) is 17.8 Å². The Morgan fingerprint density at radius 3 is 2.34 bits per heavy atom. The lowest BCUT2D eigenvalue weighted by Gasteiger charge is -2.12. The molecule has 1 amide bonds. The third-order valence-corrected chi connectivity index (χ3v) is 5.90. The number of hydrogen-bond acceptors (Lipinski definition) is 4.